The molecular formula is C33H55NO3. The highest BCUT2D eigenvalue weighted by Crippen LogP contribution is 2.77. The maximum Gasteiger partial charge on any atom is 0.322 e. The zero-order chi connectivity index (χ0) is 27.2. The van der Waals surface area contributed by atoms with E-state index in [-0.39, 0.29) is 28.3 Å². The van der Waals surface area contributed by atoms with Crippen molar-refractivity contribution < 1.29 is 14.6 Å². The van der Waals surface area contributed by atoms with Crippen LogP contribution < -0.4 is 5.73 Å². The van der Waals surface area contributed by atoms with E-state index < -0.39 is 6.04 Å². The lowest BCUT2D eigenvalue weighted by Gasteiger charge is -2.73. The Morgan fingerprint density at radius 2 is 1.65 bits per heavy atom. The summed E-state index contributed by atoms with van der Waals surface area (Å²) in [4.78, 5) is 12.4. The molecule has 210 valence electrons. The normalized spacial score (nSPS) is 51.2. The van der Waals surface area contributed by atoms with Crippen molar-refractivity contribution in [3.05, 3.63) is 12.2 Å². The van der Waals surface area contributed by atoms with Gasteiger partial charge in [0.2, 0.25) is 0 Å². The molecule has 0 heterocycles. The van der Waals surface area contributed by atoms with Gasteiger partial charge in [-0.05, 0) is 129 Å². The fourth-order valence-electron chi connectivity index (χ4n) is 11.9. The molecule has 0 spiro atoms. The van der Waals surface area contributed by atoms with E-state index in [0.717, 1.165) is 25.7 Å². The molecule has 11 atom stereocenters. The lowest BCUT2D eigenvalue weighted by molar-refractivity contribution is -0.250. The van der Waals surface area contributed by atoms with E-state index >= 15 is 0 Å². The van der Waals surface area contributed by atoms with Crippen molar-refractivity contribution in [1.29, 1.82) is 0 Å². The molecule has 0 aromatic rings. The number of fused-ring (bicyclic) bond motifs is 7. The molecule has 5 aliphatic rings. The number of hydrogen-bond acceptors (Lipinski definition) is 4. The zero-order valence-corrected chi connectivity index (χ0v) is 24.9. The third-order valence-electron chi connectivity index (χ3n) is 14.1. The van der Waals surface area contributed by atoms with Gasteiger partial charge < -0.3 is 15.6 Å². The summed E-state index contributed by atoms with van der Waals surface area (Å²) < 4.78 is 5.92. The fraction of sp³-hybridized carbons (Fsp3) is 0.909. The summed E-state index contributed by atoms with van der Waals surface area (Å²) >= 11 is 0. The monoisotopic (exact) mass is 513 g/mol. The Morgan fingerprint density at radius 1 is 0.946 bits per heavy atom. The average Bonchev–Trinajstić information content (AvgIpc) is 3.21. The first-order valence-corrected chi connectivity index (χ1v) is 15.4. The molecule has 0 aromatic carbocycles. The topological polar surface area (TPSA) is 72.5 Å². The number of carbonyl (C=O) groups is 1. The van der Waals surface area contributed by atoms with Crippen LogP contribution in [0.25, 0.3) is 0 Å². The molecule has 0 aromatic heterocycles. The van der Waals surface area contributed by atoms with Crippen LogP contribution >= 0.6 is 0 Å². The van der Waals surface area contributed by atoms with Crippen molar-refractivity contribution >= 4 is 5.97 Å². The molecule has 0 amide bonds. The van der Waals surface area contributed by atoms with Gasteiger partial charge in [-0.15, -0.1) is 0 Å². The molecule has 5 fully saturated rings. The summed E-state index contributed by atoms with van der Waals surface area (Å²) in [5, 5.41) is 11.0. The summed E-state index contributed by atoms with van der Waals surface area (Å²) in [6, 6.07) is -0.564. The molecule has 3 N–H and O–H groups in total. The number of aliphatic hydroxyl groups excluding tert-OH is 1. The van der Waals surface area contributed by atoms with Gasteiger partial charge in [0.25, 0.3) is 0 Å². The molecule has 0 unspecified atom stereocenters. The summed E-state index contributed by atoms with van der Waals surface area (Å²) in [5.41, 5.74) is 8.13. The van der Waals surface area contributed by atoms with Gasteiger partial charge in [0.15, 0.2) is 0 Å². The predicted molar refractivity (Wildman–Crippen MR) is 150 cm³/mol. The molecule has 0 aliphatic heterocycles. The SMILES string of the molecule is C=C(C)[C@@H]1CC[C@]2(COC(=O)[C@H](C)N)CC[C@]3(C)[C@H](CC[C@@H]4[C@@]5(C)CC[C@H](O)C(C)(C)[C@@H]5CC[C@]43C)[C@@H]12. The largest absolute Gasteiger partial charge is 0.464 e. The van der Waals surface area contributed by atoms with Crippen molar-refractivity contribution in [3.8, 4) is 0 Å². The molecule has 0 radical (unpaired) electrons. The van der Waals surface area contributed by atoms with Crippen LogP contribution in [0, 0.1) is 56.7 Å². The minimum absolute atomic E-state index is 0.00565. The van der Waals surface area contributed by atoms with E-state index in [1.54, 1.807) is 6.92 Å². The third-order valence-corrected chi connectivity index (χ3v) is 14.1. The average molecular weight is 514 g/mol. The first kappa shape index (κ1) is 27.7. The summed E-state index contributed by atoms with van der Waals surface area (Å²) in [6.07, 6.45) is 11.7. The quantitative estimate of drug-likeness (QED) is 0.317. The molecular weight excluding hydrogens is 458 g/mol. The Morgan fingerprint density at radius 3 is 2.30 bits per heavy atom. The Balaban J connectivity index is 1.50. The number of esters is 1. The van der Waals surface area contributed by atoms with E-state index in [1.165, 1.54) is 44.1 Å². The summed E-state index contributed by atoms with van der Waals surface area (Å²) in [5.74, 6) is 2.75. The second-order valence-corrected chi connectivity index (χ2v) is 15.8. The molecule has 0 bridgehead atoms. The first-order chi connectivity index (χ1) is 17.1. The second-order valence-electron chi connectivity index (χ2n) is 15.8. The number of rotatable bonds is 4. The van der Waals surface area contributed by atoms with Gasteiger partial charge in [-0.3, -0.25) is 4.79 Å². The second kappa shape index (κ2) is 8.82. The Kier molecular flexibility index (Phi) is 6.60. The fourth-order valence-corrected chi connectivity index (χ4v) is 11.9. The van der Waals surface area contributed by atoms with Gasteiger partial charge >= 0.3 is 5.97 Å². The number of ether oxygens (including phenoxy) is 1. The van der Waals surface area contributed by atoms with Crippen molar-refractivity contribution in [2.24, 2.45) is 62.4 Å². The molecule has 0 saturated heterocycles. The Bertz CT molecular complexity index is 942. The van der Waals surface area contributed by atoms with Gasteiger partial charge in [0, 0.05) is 5.41 Å². The van der Waals surface area contributed by atoms with Crippen molar-refractivity contribution in [2.75, 3.05) is 6.61 Å². The maximum atomic E-state index is 12.4. The van der Waals surface area contributed by atoms with Crippen molar-refractivity contribution in [1.82, 2.24) is 0 Å². The minimum Gasteiger partial charge on any atom is -0.464 e. The number of aliphatic hydroxyl groups is 1. The summed E-state index contributed by atoms with van der Waals surface area (Å²) in [6.45, 7) is 21.6. The van der Waals surface area contributed by atoms with Gasteiger partial charge in [-0.25, -0.2) is 0 Å². The van der Waals surface area contributed by atoms with Crippen LogP contribution in [0.3, 0.4) is 0 Å². The minimum atomic E-state index is -0.564. The first-order valence-electron chi connectivity index (χ1n) is 15.4. The highest BCUT2D eigenvalue weighted by Gasteiger charge is 2.71. The predicted octanol–water partition coefficient (Wildman–Crippen LogP) is 6.90. The molecule has 4 heteroatoms. The van der Waals surface area contributed by atoms with E-state index in [1.807, 2.05) is 0 Å². The lowest BCUT2D eigenvalue weighted by atomic mass is 9.32. The van der Waals surface area contributed by atoms with Gasteiger partial charge in [0.05, 0.1) is 12.7 Å². The van der Waals surface area contributed by atoms with Crippen LogP contribution in [0.15, 0.2) is 12.2 Å². The van der Waals surface area contributed by atoms with Crippen molar-refractivity contribution in [3.63, 3.8) is 0 Å². The number of hydrogen-bond donors (Lipinski definition) is 2. The molecule has 4 nitrogen and oxygen atoms in total. The van der Waals surface area contributed by atoms with Gasteiger partial charge in [-0.1, -0.05) is 46.8 Å². The van der Waals surface area contributed by atoms with E-state index in [0.29, 0.717) is 47.0 Å². The summed E-state index contributed by atoms with van der Waals surface area (Å²) in [7, 11) is 0. The number of allylic oxidation sites excluding steroid dienone is 1. The van der Waals surface area contributed by atoms with E-state index in [2.05, 4.69) is 48.1 Å². The Labute approximate surface area is 226 Å². The van der Waals surface area contributed by atoms with Crippen LogP contribution in [0.2, 0.25) is 0 Å². The lowest BCUT2D eigenvalue weighted by Crippen LogP contribution is -2.66. The van der Waals surface area contributed by atoms with E-state index in [4.69, 9.17) is 10.5 Å². The zero-order valence-electron chi connectivity index (χ0n) is 24.9. The number of nitrogens with two attached hydrogens (primary N) is 1. The van der Waals surface area contributed by atoms with Gasteiger partial charge in [0.1, 0.15) is 6.04 Å². The maximum absolute atomic E-state index is 12.4. The van der Waals surface area contributed by atoms with Crippen LogP contribution in [0.4, 0.5) is 0 Å². The number of carbonyl (C=O) groups excluding carboxylic acids is 1. The standard InChI is InChI=1S/C33H55NO3/c1-20(2)22-11-16-33(19-37-28(36)21(3)34)18-17-31(7)23(27(22)33)9-10-25-30(6)14-13-26(35)29(4,5)24(30)12-15-32(25,31)8/h21-27,35H,1,9-19,34H2,2-8H3/t21-,22-,23+,24-,25+,26-,27+,30-,31+,32+,33+/m0/s1. The molecule has 5 saturated carbocycles. The molecule has 5 rings (SSSR count). The van der Waals surface area contributed by atoms with Crippen LogP contribution in [0.1, 0.15) is 113 Å². The molecule has 37 heavy (non-hydrogen) atoms. The van der Waals surface area contributed by atoms with Crippen LogP contribution in [-0.2, 0) is 9.53 Å². The van der Waals surface area contributed by atoms with Crippen molar-refractivity contribution in [2.45, 2.75) is 125 Å². The third kappa shape index (κ3) is 3.70. The van der Waals surface area contributed by atoms with E-state index in [9.17, 15) is 9.90 Å². The van der Waals surface area contributed by atoms with Crippen LogP contribution in [-0.4, -0.2) is 29.8 Å². The van der Waals surface area contributed by atoms with Gasteiger partial charge in [-0.2, -0.15) is 0 Å². The van der Waals surface area contributed by atoms with Crippen LogP contribution in [0.5, 0.6) is 0 Å². The Hall–Kier alpha value is -0.870. The smallest absolute Gasteiger partial charge is 0.322 e. The highest BCUT2D eigenvalue weighted by molar-refractivity contribution is 5.74. The molecule has 5 aliphatic carbocycles. The highest BCUT2D eigenvalue weighted by atomic mass is 16.5.